The predicted molar refractivity (Wildman–Crippen MR) is 62.3 cm³/mol. The van der Waals surface area contributed by atoms with Crippen LogP contribution in [0.25, 0.3) is 10.8 Å². The molecule has 0 aliphatic heterocycles. The number of rotatable bonds is 3. The first-order chi connectivity index (χ1) is 7.70. The fourth-order valence-corrected chi connectivity index (χ4v) is 1.97. The SMILES string of the molecule is CCOc1ccc2ccc(S(=O)[O-])cc2c1. The maximum Gasteiger partial charge on any atom is 0.119 e. The molecule has 0 aromatic heterocycles. The van der Waals surface area contributed by atoms with Gasteiger partial charge in [-0.1, -0.05) is 12.1 Å². The van der Waals surface area contributed by atoms with Gasteiger partial charge in [0.2, 0.25) is 0 Å². The summed E-state index contributed by atoms with van der Waals surface area (Å²) >= 11 is -2.19. The van der Waals surface area contributed by atoms with Crippen molar-refractivity contribution in [3.63, 3.8) is 0 Å². The van der Waals surface area contributed by atoms with Crippen LogP contribution in [0.2, 0.25) is 0 Å². The molecule has 0 radical (unpaired) electrons. The van der Waals surface area contributed by atoms with E-state index in [2.05, 4.69) is 0 Å². The molecule has 0 aliphatic rings. The zero-order chi connectivity index (χ0) is 11.5. The van der Waals surface area contributed by atoms with Crippen molar-refractivity contribution in [3.8, 4) is 5.75 Å². The Morgan fingerprint density at radius 1 is 1.19 bits per heavy atom. The zero-order valence-electron chi connectivity index (χ0n) is 8.80. The molecule has 84 valence electrons. The van der Waals surface area contributed by atoms with E-state index in [9.17, 15) is 8.76 Å². The first kappa shape index (κ1) is 11.1. The number of ether oxygens (including phenoxy) is 1. The second-order valence-electron chi connectivity index (χ2n) is 3.34. The van der Waals surface area contributed by atoms with Crippen LogP contribution in [0.5, 0.6) is 5.75 Å². The van der Waals surface area contributed by atoms with E-state index in [1.807, 2.05) is 25.1 Å². The van der Waals surface area contributed by atoms with E-state index in [1.165, 1.54) is 0 Å². The Bertz CT molecular complexity index is 537. The lowest BCUT2D eigenvalue weighted by atomic mass is 10.1. The predicted octanol–water partition coefficient (Wildman–Crippen LogP) is 2.48. The number of hydrogen-bond donors (Lipinski definition) is 0. The van der Waals surface area contributed by atoms with Gasteiger partial charge in [0.05, 0.1) is 6.61 Å². The molecule has 2 aromatic carbocycles. The van der Waals surface area contributed by atoms with Gasteiger partial charge >= 0.3 is 0 Å². The second kappa shape index (κ2) is 4.63. The van der Waals surface area contributed by atoms with Crippen LogP contribution in [0.4, 0.5) is 0 Å². The molecule has 0 fully saturated rings. The van der Waals surface area contributed by atoms with Crippen molar-refractivity contribution in [2.24, 2.45) is 0 Å². The van der Waals surface area contributed by atoms with Crippen LogP contribution in [0.15, 0.2) is 41.3 Å². The van der Waals surface area contributed by atoms with E-state index in [0.29, 0.717) is 11.5 Å². The minimum Gasteiger partial charge on any atom is -0.768 e. The summed E-state index contributed by atoms with van der Waals surface area (Å²) in [6.45, 7) is 2.51. The van der Waals surface area contributed by atoms with Gasteiger partial charge in [-0.25, -0.2) is 0 Å². The first-order valence-corrected chi connectivity index (χ1v) is 6.04. The van der Waals surface area contributed by atoms with E-state index in [0.717, 1.165) is 16.5 Å². The Morgan fingerprint density at radius 2 is 1.94 bits per heavy atom. The third kappa shape index (κ3) is 2.23. The van der Waals surface area contributed by atoms with E-state index in [1.54, 1.807) is 18.2 Å². The number of hydrogen-bond acceptors (Lipinski definition) is 3. The third-order valence-electron chi connectivity index (χ3n) is 2.29. The van der Waals surface area contributed by atoms with Crippen LogP contribution in [-0.4, -0.2) is 15.4 Å². The highest BCUT2D eigenvalue weighted by molar-refractivity contribution is 7.79. The monoisotopic (exact) mass is 235 g/mol. The highest BCUT2D eigenvalue weighted by Crippen LogP contribution is 2.23. The normalized spacial score (nSPS) is 12.6. The molecule has 0 aliphatic carbocycles. The lowest BCUT2D eigenvalue weighted by Gasteiger charge is -2.08. The van der Waals surface area contributed by atoms with Crippen molar-refractivity contribution >= 4 is 21.9 Å². The number of benzene rings is 2. The fraction of sp³-hybridized carbons (Fsp3) is 0.167. The summed E-state index contributed by atoms with van der Waals surface area (Å²) in [6, 6.07) is 10.6. The van der Waals surface area contributed by atoms with Crippen LogP contribution in [0.1, 0.15) is 6.92 Å². The van der Waals surface area contributed by atoms with E-state index >= 15 is 0 Å². The quantitative estimate of drug-likeness (QED) is 0.768. The van der Waals surface area contributed by atoms with Crippen molar-refractivity contribution in [3.05, 3.63) is 36.4 Å². The van der Waals surface area contributed by atoms with Crippen LogP contribution in [0.3, 0.4) is 0 Å². The molecular weight excluding hydrogens is 224 g/mol. The minimum absolute atomic E-state index is 0.293. The summed E-state index contributed by atoms with van der Waals surface area (Å²) in [6.07, 6.45) is 0. The van der Waals surface area contributed by atoms with Gasteiger partial charge in [-0.3, -0.25) is 4.21 Å². The maximum absolute atomic E-state index is 10.8. The highest BCUT2D eigenvalue weighted by Gasteiger charge is 1.99. The Morgan fingerprint density at radius 3 is 2.62 bits per heavy atom. The molecule has 0 amide bonds. The van der Waals surface area contributed by atoms with Gasteiger partial charge in [0.1, 0.15) is 5.75 Å². The lowest BCUT2D eigenvalue weighted by molar-refractivity contribution is 0.341. The lowest BCUT2D eigenvalue weighted by Crippen LogP contribution is -1.92. The van der Waals surface area contributed by atoms with Gasteiger partial charge in [0, 0.05) is 4.90 Å². The summed E-state index contributed by atoms with van der Waals surface area (Å²) in [5.74, 6) is 0.754. The van der Waals surface area contributed by atoms with Crippen LogP contribution in [0, 0.1) is 0 Å². The van der Waals surface area contributed by atoms with E-state index < -0.39 is 11.1 Å². The summed E-state index contributed by atoms with van der Waals surface area (Å²) < 4.78 is 27.0. The summed E-state index contributed by atoms with van der Waals surface area (Å²) in [5, 5.41) is 1.87. The van der Waals surface area contributed by atoms with Crippen LogP contribution in [-0.2, 0) is 11.1 Å². The average molecular weight is 235 g/mol. The van der Waals surface area contributed by atoms with Crippen molar-refractivity contribution in [2.45, 2.75) is 11.8 Å². The first-order valence-electron chi connectivity index (χ1n) is 4.96. The van der Waals surface area contributed by atoms with Crippen molar-refractivity contribution in [1.82, 2.24) is 0 Å². The highest BCUT2D eigenvalue weighted by atomic mass is 32.2. The van der Waals surface area contributed by atoms with Crippen LogP contribution >= 0.6 is 0 Å². The molecule has 1 unspecified atom stereocenters. The number of fused-ring (bicyclic) bond motifs is 1. The third-order valence-corrected chi connectivity index (χ3v) is 2.93. The van der Waals surface area contributed by atoms with Crippen molar-refractivity contribution in [2.75, 3.05) is 6.61 Å². The Hall–Kier alpha value is -1.39. The molecule has 1 atom stereocenters. The molecular formula is C12H11O3S-. The average Bonchev–Trinajstić information content (AvgIpc) is 2.28. The van der Waals surface area contributed by atoms with Crippen molar-refractivity contribution in [1.29, 1.82) is 0 Å². The Kier molecular flexibility index (Phi) is 3.22. The standard InChI is InChI=1S/C12H12O3S/c1-2-15-11-5-3-9-4-6-12(16(13)14)8-10(9)7-11/h3-8H,2H2,1H3,(H,13,14)/p-1. The molecule has 4 heteroatoms. The van der Waals surface area contributed by atoms with E-state index in [4.69, 9.17) is 4.74 Å². The minimum atomic E-state index is -2.19. The van der Waals surface area contributed by atoms with Crippen molar-refractivity contribution < 1.29 is 13.5 Å². The Balaban J connectivity index is 2.52. The topological polar surface area (TPSA) is 49.4 Å². The smallest absolute Gasteiger partial charge is 0.119 e. The van der Waals surface area contributed by atoms with Gasteiger partial charge in [-0.15, -0.1) is 0 Å². The zero-order valence-corrected chi connectivity index (χ0v) is 9.62. The molecule has 0 saturated carbocycles. The Labute approximate surface area is 96.3 Å². The summed E-state index contributed by atoms with van der Waals surface area (Å²) in [5.41, 5.74) is 0. The van der Waals surface area contributed by atoms with Gasteiger partial charge in [-0.2, -0.15) is 0 Å². The van der Waals surface area contributed by atoms with E-state index in [-0.39, 0.29) is 0 Å². The molecule has 0 bridgehead atoms. The van der Waals surface area contributed by atoms with Gasteiger partial charge in [0.25, 0.3) is 0 Å². The van der Waals surface area contributed by atoms with Gasteiger partial charge in [0.15, 0.2) is 0 Å². The molecule has 0 saturated heterocycles. The molecule has 16 heavy (non-hydrogen) atoms. The maximum atomic E-state index is 10.8. The summed E-state index contributed by atoms with van der Waals surface area (Å²) in [7, 11) is 0. The fourth-order valence-electron chi connectivity index (χ4n) is 1.56. The molecule has 0 N–H and O–H groups in total. The largest absolute Gasteiger partial charge is 0.768 e. The molecule has 0 heterocycles. The van der Waals surface area contributed by atoms with Crippen LogP contribution < -0.4 is 4.74 Å². The van der Waals surface area contributed by atoms with Gasteiger partial charge < -0.3 is 9.29 Å². The second-order valence-corrected chi connectivity index (χ2v) is 4.28. The molecule has 2 aromatic rings. The molecule has 2 rings (SSSR count). The molecule has 3 nitrogen and oxygen atoms in total. The molecule has 0 spiro atoms. The summed E-state index contributed by atoms with van der Waals surface area (Å²) in [4.78, 5) is 0.293. The van der Waals surface area contributed by atoms with Gasteiger partial charge in [-0.05, 0) is 53.0 Å².